The molecule has 70 valence electrons. The van der Waals surface area contributed by atoms with E-state index >= 15 is 0 Å². The Labute approximate surface area is 73.8 Å². The molecule has 0 saturated carbocycles. The molecule has 0 aliphatic rings. The molecule has 12 heavy (non-hydrogen) atoms. The zero-order valence-corrected chi connectivity index (χ0v) is 7.64. The van der Waals surface area contributed by atoms with Gasteiger partial charge in [-0.2, -0.15) is 0 Å². The van der Waals surface area contributed by atoms with E-state index in [0.29, 0.717) is 13.0 Å². The van der Waals surface area contributed by atoms with E-state index < -0.39 is 0 Å². The van der Waals surface area contributed by atoms with Crippen molar-refractivity contribution in [2.45, 2.75) is 19.8 Å². The topological polar surface area (TPSA) is 38.3 Å². The van der Waals surface area contributed by atoms with Gasteiger partial charge in [0, 0.05) is 13.0 Å². The highest BCUT2D eigenvalue weighted by atomic mass is 16.5. The predicted molar refractivity (Wildman–Crippen MR) is 48.9 cm³/mol. The molecule has 0 spiro atoms. The first-order chi connectivity index (χ1) is 5.81. The lowest BCUT2D eigenvalue weighted by Gasteiger charge is -2.01. The van der Waals surface area contributed by atoms with Gasteiger partial charge in [-0.25, -0.2) is 0 Å². The zero-order valence-electron chi connectivity index (χ0n) is 7.64. The lowest BCUT2D eigenvalue weighted by Crippen LogP contribution is -2.16. The number of rotatable bonds is 7. The molecule has 0 bridgehead atoms. The number of esters is 1. The van der Waals surface area contributed by atoms with Gasteiger partial charge in [0.15, 0.2) is 0 Å². The number of ether oxygens (including phenoxy) is 1. The Hall–Kier alpha value is -0.830. The molecular formula is C9H17NO2. The second-order valence-electron chi connectivity index (χ2n) is 2.40. The molecule has 3 heteroatoms. The smallest absolute Gasteiger partial charge is 0.305 e. The Kier molecular flexibility index (Phi) is 7.70. The van der Waals surface area contributed by atoms with E-state index in [-0.39, 0.29) is 5.97 Å². The quantitative estimate of drug-likeness (QED) is 0.354. The van der Waals surface area contributed by atoms with E-state index in [1.54, 1.807) is 6.08 Å². The van der Waals surface area contributed by atoms with E-state index in [9.17, 15) is 4.79 Å². The van der Waals surface area contributed by atoms with Crippen LogP contribution < -0.4 is 5.32 Å². The Bertz CT molecular complexity index is 134. The SMILES string of the molecule is C=CCNCCCC(=O)OCC. The normalized spacial score (nSPS) is 9.42. The summed E-state index contributed by atoms with van der Waals surface area (Å²) < 4.78 is 4.76. The first-order valence-corrected chi connectivity index (χ1v) is 4.28. The number of carbonyl (C=O) groups is 1. The van der Waals surface area contributed by atoms with Crippen LogP contribution in [0.5, 0.6) is 0 Å². The summed E-state index contributed by atoms with van der Waals surface area (Å²) in [4.78, 5) is 10.8. The van der Waals surface area contributed by atoms with Crippen molar-refractivity contribution < 1.29 is 9.53 Å². The van der Waals surface area contributed by atoms with Crippen molar-refractivity contribution >= 4 is 5.97 Å². The standard InChI is InChI=1S/C9H17NO2/c1-3-7-10-8-5-6-9(11)12-4-2/h3,10H,1,4-8H2,2H3. The van der Waals surface area contributed by atoms with Gasteiger partial charge in [0.25, 0.3) is 0 Å². The third-order valence-electron chi connectivity index (χ3n) is 1.33. The van der Waals surface area contributed by atoms with Crippen molar-refractivity contribution in [1.29, 1.82) is 0 Å². The molecule has 3 nitrogen and oxygen atoms in total. The largest absolute Gasteiger partial charge is 0.466 e. The highest BCUT2D eigenvalue weighted by Gasteiger charge is 1.99. The second kappa shape index (κ2) is 8.27. The van der Waals surface area contributed by atoms with Crippen LogP contribution in [0.15, 0.2) is 12.7 Å². The third-order valence-corrected chi connectivity index (χ3v) is 1.33. The van der Waals surface area contributed by atoms with Crippen LogP contribution in [0.2, 0.25) is 0 Å². The van der Waals surface area contributed by atoms with Crippen LogP contribution >= 0.6 is 0 Å². The fourth-order valence-electron chi connectivity index (χ4n) is 0.795. The minimum absolute atomic E-state index is 0.113. The van der Waals surface area contributed by atoms with Gasteiger partial charge in [-0.1, -0.05) is 6.08 Å². The van der Waals surface area contributed by atoms with Crippen LogP contribution in [0.4, 0.5) is 0 Å². The summed E-state index contributed by atoms with van der Waals surface area (Å²) in [7, 11) is 0. The first-order valence-electron chi connectivity index (χ1n) is 4.28. The third kappa shape index (κ3) is 7.28. The maximum atomic E-state index is 10.8. The highest BCUT2D eigenvalue weighted by Crippen LogP contribution is 1.90. The minimum Gasteiger partial charge on any atom is -0.466 e. The number of nitrogens with one attached hydrogen (secondary N) is 1. The fraction of sp³-hybridized carbons (Fsp3) is 0.667. The van der Waals surface area contributed by atoms with Crippen molar-refractivity contribution in [3.63, 3.8) is 0 Å². The monoisotopic (exact) mass is 171 g/mol. The van der Waals surface area contributed by atoms with Crippen molar-refractivity contribution in [2.75, 3.05) is 19.7 Å². The van der Waals surface area contributed by atoms with Gasteiger partial charge in [-0.15, -0.1) is 6.58 Å². The molecule has 0 aromatic heterocycles. The van der Waals surface area contributed by atoms with Crippen LogP contribution in [-0.2, 0) is 9.53 Å². The Morgan fingerprint density at radius 1 is 1.67 bits per heavy atom. The molecule has 0 amide bonds. The van der Waals surface area contributed by atoms with Gasteiger partial charge in [-0.3, -0.25) is 4.79 Å². The summed E-state index contributed by atoms with van der Waals surface area (Å²) in [5.74, 6) is -0.113. The first kappa shape index (κ1) is 11.2. The Morgan fingerprint density at radius 2 is 2.42 bits per heavy atom. The molecule has 0 saturated heterocycles. The molecule has 0 fully saturated rings. The summed E-state index contributed by atoms with van der Waals surface area (Å²) >= 11 is 0. The average Bonchev–Trinajstić information content (AvgIpc) is 2.05. The van der Waals surface area contributed by atoms with Gasteiger partial charge in [0.1, 0.15) is 0 Å². The molecule has 0 heterocycles. The van der Waals surface area contributed by atoms with E-state index in [2.05, 4.69) is 11.9 Å². The molecule has 0 aliphatic carbocycles. The van der Waals surface area contributed by atoms with Gasteiger partial charge in [0.05, 0.1) is 6.61 Å². The van der Waals surface area contributed by atoms with Crippen molar-refractivity contribution in [2.24, 2.45) is 0 Å². The molecule has 0 rings (SSSR count). The molecule has 0 aliphatic heterocycles. The minimum atomic E-state index is -0.113. The fourth-order valence-corrected chi connectivity index (χ4v) is 0.795. The predicted octanol–water partition coefficient (Wildman–Crippen LogP) is 1.11. The molecule has 0 atom stereocenters. The average molecular weight is 171 g/mol. The summed E-state index contributed by atoms with van der Waals surface area (Å²) in [5, 5.41) is 3.11. The Morgan fingerprint density at radius 3 is 3.00 bits per heavy atom. The summed E-state index contributed by atoms with van der Waals surface area (Å²) in [6.45, 7) is 7.49. The molecule has 0 aromatic rings. The summed E-state index contributed by atoms with van der Waals surface area (Å²) in [6.07, 6.45) is 3.12. The molecular weight excluding hydrogens is 154 g/mol. The Balaban J connectivity index is 3.08. The summed E-state index contributed by atoms with van der Waals surface area (Å²) in [5.41, 5.74) is 0. The second-order valence-corrected chi connectivity index (χ2v) is 2.40. The molecule has 0 unspecified atom stereocenters. The van der Waals surface area contributed by atoms with Crippen LogP contribution in [-0.4, -0.2) is 25.7 Å². The van der Waals surface area contributed by atoms with Crippen LogP contribution in [0.25, 0.3) is 0 Å². The number of carbonyl (C=O) groups excluding carboxylic acids is 1. The molecule has 0 radical (unpaired) electrons. The lowest BCUT2D eigenvalue weighted by atomic mass is 10.3. The zero-order chi connectivity index (χ0) is 9.23. The van der Waals surface area contributed by atoms with Crippen molar-refractivity contribution in [3.05, 3.63) is 12.7 Å². The summed E-state index contributed by atoms with van der Waals surface area (Å²) in [6, 6.07) is 0. The van der Waals surface area contributed by atoms with Gasteiger partial charge < -0.3 is 10.1 Å². The van der Waals surface area contributed by atoms with Crippen LogP contribution in [0.3, 0.4) is 0 Å². The van der Waals surface area contributed by atoms with Crippen LogP contribution in [0, 0.1) is 0 Å². The van der Waals surface area contributed by atoms with E-state index in [1.807, 2.05) is 6.92 Å². The maximum Gasteiger partial charge on any atom is 0.305 e. The van der Waals surface area contributed by atoms with Crippen LogP contribution in [0.1, 0.15) is 19.8 Å². The molecule has 1 N–H and O–H groups in total. The van der Waals surface area contributed by atoms with Gasteiger partial charge in [-0.05, 0) is 19.9 Å². The van der Waals surface area contributed by atoms with E-state index in [1.165, 1.54) is 0 Å². The van der Waals surface area contributed by atoms with E-state index in [4.69, 9.17) is 4.74 Å². The van der Waals surface area contributed by atoms with Crippen molar-refractivity contribution in [1.82, 2.24) is 5.32 Å². The van der Waals surface area contributed by atoms with Gasteiger partial charge in [0.2, 0.25) is 0 Å². The maximum absolute atomic E-state index is 10.8. The lowest BCUT2D eigenvalue weighted by molar-refractivity contribution is -0.143. The highest BCUT2D eigenvalue weighted by molar-refractivity contribution is 5.69. The molecule has 0 aromatic carbocycles. The van der Waals surface area contributed by atoms with Gasteiger partial charge >= 0.3 is 5.97 Å². The number of hydrogen-bond acceptors (Lipinski definition) is 3. The number of hydrogen-bond donors (Lipinski definition) is 1. The van der Waals surface area contributed by atoms with Crippen molar-refractivity contribution in [3.8, 4) is 0 Å². The van der Waals surface area contributed by atoms with E-state index in [0.717, 1.165) is 19.5 Å².